The number of carbonyl (C=O) groups excluding carboxylic acids is 2. The van der Waals surface area contributed by atoms with E-state index >= 15 is 4.79 Å². The van der Waals surface area contributed by atoms with E-state index in [1.807, 2.05) is 13.8 Å². The Hall–Kier alpha value is -3.09. The number of carbonyl (C=O) groups is 3. The number of hydrogen-bond donors (Lipinski definition) is 22. The lowest BCUT2D eigenvalue weighted by atomic mass is 9.33. The van der Waals surface area contributed by atoms with E-state index in [2.05, 4.69) is 26.8 Å². The van der Waals surface area contributed by atoms with Crippen molar-refractivity contribution in [1.82, 2.24) is 0 Å². The van der Waals surface area contributed by atoms with Crippen molar-refractivity contribution in [3.8, 4) is 0 Å². The summed E-state index contributed by atoms with van der Waals surface area (Å²) in [6.45, 7) is 13.1. The summed E-state index contributed by atoms with van der Waals surface area (Å²) in [5.74, 6) is -4.30. The zero-order chi connectivity index (χ0) is 85.5. The van der Waals surface area contributed by atoms with Crippen LogP contribution in [-0.2, 0) is 90.2 Å². The average Bonchev–Trinajstić information content (AvgIpc) is 0.669. The Labute approximate surface area is 672 Å². The van der Waals surface area contributed by atoms with Gasteiger partial charge in [-0.05, 0) is 118 Å². The molecule has 41 heteroatoms. The van der Waals surface area contributed by atoms with Crippen LogP contribution in [0, 0.1) is 50.2 Å². The number of fused-ring (bicyclic) bond motifs is 7. The molecule has 13 aliphatic rings. The summed E-state index contributed by atoms with van der Waals surface area (Å²) in [7, 11) is 0. The second-order valence-corrected chi connectivity index (χ2v) is 36.4. The molecule has 0 aromatic rings. The maximum absolute atomic E-state index is 16.1. The number of hydrogen-bond acceptors (Lipinski definition) is 40. The van der Waals surface area contributed by atoms with Crippen molar-refractivity contribution < 1.29 is 203 Å². The number of esters is 1. The van der Waals surface area contributed by atoms with Gasteiger partial charge in [0.05, 0.1) is 62.4 Å². The van der Waals surface area contributed by atoms with Crippen molar-refractivity contribution in [3.63, 3.8) is 0 Å². The summed E-state index contributed by atoms with van der Waals surface area (Å²) in [6, 6.07) is 0. The smallest absolute Gasteiger partial charge is 0.335 e. The Morgan fingerprint density at radius 1 is 0.444 bits per heavy atom. The number of aliphatic carboxylic acids is 1. The van der Waals surface area contributed by atoms with Crippen molar-refractivity contribution in [3.05, 3.63) is 11.6 Å². The van der Waals surface area contributed by atoms with E-state index in [1.165, 1.54) is 20.8 Å². The van der Waals surface area contributed by atoms with Crippen LogP contribution in [0.5, 0.6) is 0 Å². The standard InChI is InChI=1S/C76H120O41/c1-25-38(83)44(89)49(94)64(104-25)112-56-51(96)58(61(99)100)114-69(60(56)116-65-50(95)45(90)42(87)32(20-77)107-65)109-37-13-14-72(6)34(73(37,7)24-79)12-15-74(8)35(72)11-10-28-29-18-71(4,5)16-17-76(29,36(82)19-75(28,74)9)70(101)117-68-59(46(91)39(84)26(2)105-68)115-66-53(98)57(54(27(3)106-66)110-62-47(92)40(85)30(80)22-102-62)113-67-52(97)55(43(88)33(21-78)108-67)111-63-48(93)41(86)31(81)23-103-63/h10,24-27,29-60,62-69,77-78,80-98H,11-23H2,1-9H3,(H,99,100)/t25-,26+,27-,29+,30+,31+,32+,33+,34+,35+,36+,37-,38-,39-,40-,41-,42-,43+,44+,45-,46-,47+,48+,49+,50+,51-,52+,53+,54-,55-,56-,57-,58-,59+,60+,62-,63-,64-,65-,66-,67-,68-,69+,72-,73-,74+,75+,76+/m0/s1. The van der Waals surface area contributed by atoms with Gasteiger partial charge < -0.3 is 193 Å². The minimum Gasteiger partial charge on any atom is -0.479 e. The van der Waals surface area contributed by atoms with E-state index in [-0.39, 0.29) is 25.2 Å². The van der Waals surface area contributed by atoms with Crippen LogP contribution in [-0.4, -0.2) is 403 Å². The number of carboxylic acids is 1. The quantitative estimate of drug-likeness (QED) is 0.0233. The molecule has 0 amide bonds. The second-order valence-electron chi connectivity index (χ2n) is 36.4. The molecule has 5 aliphatic carbocycles. The third kappa shape index (κ3) is 16.0. The molecule has 48 atom stereocenters. The van der Waals surface area contributed by atoms with Gasteiger partial charge in [-0.1, -0.05) is 53.2 Å². The van der Waals surface area contributed by atoms with Crippen LogP contribution < -0.4 is 0 Å². The molecule has 0 aromatic heterocycles. The van der Waals surface area contributed by atoms with Crippen LogP contribution in [0.1, 0.15) is 120 Å². The summed E-state index contributed by atoms with van der Waals surface area (Å²) in [5, 5.41) is 245. The van der Waals surface area contributed by atoms with Crippen molar-refractivity contribution in [2.75, 3.05) is 26.4 Å². The van der Waals surface area contributed by atoms with E-state index in [0.29, 0.717) is 38.5 Å². The van der Waals surface area contributed by atoms with Gasteiger partial charge in [-0.25, -0.2) is 4.79 Å². The lowest BCUT2D eigenvalue weighted by Crippen LogP contribution is -2.69. The first-order chi connectivity index (χ1) is 54.9. The Bertz CT molecular complexity index is 3460. The molecule has 22 N–H and O–H groups in total. The zero-order valence-electron chi connectivity index (χ0n) is 66.3. The molecule has 0 unspecified atom stereocenters. The molecule has 41 nitrogen and oxygen atoms in total. The summed E-state index contributed by atoms with van der Waals surface area (Å²) >= 11 is 0. The highest BCUT2D eigenvalue weighted by Gasteiger charge is 2.74. The van der Waals surface area contributed by atoms with Gasteiger partial charge in [-0.3, -0.25) is 4.79 Å². The minimum atomic E-state index is -2.25. The molecule has 0 bridgehead atoms. The van der Waals surface area contributed by atoms with Crippen LogP contribution in [0.4, 0.5) is 0 Å². The summed E-state index contributed by atoms with van der Waals surface area (Å²) in [4.78, 5) is 43.5. The van der Waals surface area contributed by atoms with E-state index in [4.69, 9.17) is 75.8 Å². The Balaban J connectivity index is 0.770. The van der Waals surface area contributed by atoms with Gasteiger partial charge in [-0.2, -0.15) is 0 Å². The normalized spacial score (nSPS) is 55.3. The lowest BCUT2D eigenvalue weighted by Gasteiger charge is -2.71. The predicted octanol–water partition coefficient (Wildman–Crippen LogP) is -8.14. The maximum atomic E-state index is 16.1. The predicted molar refractivity (Wildman–Crippen MR) is 379 cm³/mol. The number of rotatable bonds is 20. The number of ether oxygens (including phenoxy) is 16. The van der Waals surface area contributed by atoms with Crippen LogP contribution in [0.2, 0.25) is 0 Å². The molecular weight excluding hydrogens is 1570 g/mol. The number of aliphatic hydroxyl groups is 21. The van der Waals surface area contributed by atoms with Gasteiger partial charge in [0.1, 0.15) is 164 Å². The molecule has 8 saturated heterocycles. The summed E-state index contributed by atoms with van der Waals surface area (Å²) in [6.07, 6.45) is -68.8. The monoisotopic (exact) mass is 1690 g/mol. The van der Waals surface area contributed by atoms with Crippen LogP contribution in [0.25, 0.3) is 0 Å². The topological polar surface area (TPSA) is 644 Å². The molecule has 8 aliphatic heterocycles. The Morgan fingerprint density at radius 3 is 1.52 bits per heavy atom. The van der Waals surface area contributed by atoms with Gasteiger partial charge in [-0.15, -0.1) is 0 Å². The fourth-order valence-corrected chi connectivity index (χ4v) is 21.7. The molecule has 0 spiro atoms. The van der Waals surface area contributed by atoms with Gasteiger partial charge in [0, 0.05) is 0 Å². The largest absolute Gasteiger partial charge is 0.479 e. The molecule has 0 aromatic carbocycles. The molecule has 117 heavy (non-hydrogen) atoms. The Morgan fingerprint density at radius 2 is 0.932 bits per heavy atom. The van der Waals surface area contributed by atoms with E-state index < -0.39 is 328 Å². The molecule has 13 rings (SSSR count). The summed E-state index contributed by atoms with van der Waals surface area (Å²) in [5.41, 5.74) is -5.23. The van der Waals surface area contributed by atoms with E-state index in [0.717, 1.165) is 11.9 Å². The Kier molecular flexibility index (Phi) is 27.2. The molecule has 8 heterocycles. The molecule has 670 valence electrons. The van der Waals surface area contributed by atoms with Crippen LogP contribution >= 0.6 is 0 Å². The second kappa shape index (κ2) is 34.7. The van der Waals surface area contributed by atoms with Crippen molar-refractivity contribution in [1.29, 1.82) is 0 Å². The van der Waals surface area contributed by atoms with Crippen molar-refractivity contribution in [2.45, 2.75) is 366 Å². The first-order valence-corrected chi connectivity index (χ1v) is 40.4. The maximum Gasteiger partial charge on any atom is 0.335 e. The fraction of sp³-hybridized carbons (Fsp3) is 0.934. The summed E-state index contributed by atoms with van der Waals surface area (Å²) < 4.78 is 97.0. The van der Waals surface area contributed by atoms with Gasteiger partial charge >= 0.3 is 11.9 Å². The molecule has 12 fully saturated rings. The number of allylic oxidation sites excluding steroid dienone is 2. The van der Waals surface area contributed by atoms with Gasteiger partial charge in [0.25, 0.3) is 0 Å². The molecule has 4 saturated carbocycles. The highest BCUT2D eigenvalue weighted by Crippen LogP contribution is 2.76. The first kappa shape index (κ1) is 91.6. The fourth-order valence-electron chi connectivity index (χ4n) is 21.7. The molecule has 0 radical (unpaired) electrons. The first-order valence-electron chi connectivity index (χ1n) is 40.4. The number of aliphatic hydroxyl groups excluding tert-OH is 21. The average molecular weight is 1690 g/mol. The van der Waals surface area contributed by atoms with Crippen LogP contribution in [0.15, 0.2) is 11.6 Å². The highest BCUT2D eigenvalue weighted by molar-refractivity contribution is 5.80. The van der Waals surface area contributed by atoms with E-state index in [9.17, 15) is 122 Å². The number of carboxylic acid groups (broad SMARTS) is 1. The third-order valence-corrected chi connectivity index (χ3v) is 28.9. The highest BCUT2D eigenvalue weighted by atomic mass is 16.8. The number of aldehydes is 1. The minimum absolute atomic E-state index is 0.0184. The van der Waals surface area contributed by atoms with Gasteiger partial charge in [0.15, 0.2) is 56.2 Å². The third-order valence-electron chi connectivity index (χ3n) is 28.9. The van der Waals surface area contributed by atoms with Crippen LogP contribution in [0.3, 0.4) is 0 Å². The molecular formula is C76H120O41. The van der Waals surface area contributed by atoms with E-state index in [1.54, 1.807) is 6.92 Å². The van der Waals surface area contributed by atoms with Gasteiger partial charge in [0.2, 0.25) is 6.29 Å². The van der Waals surface area contributed by atoms with Crippen molar-refractivity contribution in [2.24, 2.45) is 50.2 Å². The zero-order valence-corrected chi connectivity index (χ0v) is 66.3. The SMILES string of the molecule is C[C@@H]1O[C@@H](O[C@H]2[C@H](O)[C@@H](C(=O)O)O[C@@H](O[C@H]3CC[C@]4(C)[C@H]5CC=C6[C@H]7CC(C)(C)CC[C@]7(C(=O)O[C@@H]7O[C@H](C)[C@H](O)[C@H](O)[C@H]7O[C@@H]7O[C@@H](C)[C@H](O[C@@H]8OC[C@@H](O)[C@H](O)[C@H]8O)[C@@H](O[C@@H]8O[C@H](CO)[C@@H](O)[C@H](O[C@@H]9OC[C@@H](O)[C@H](O)[C@H]9O)[C@H]8O)[C@H]7O)[C@H](O)C[C@@]6(C)[C@]5(C)CC[C@H]4[C@]3(C)C=O)[C@@H]2O[C@@H]2O[C@H](CO)[C@H](O)[C@H](O)[C@H]2O)[C@H](O)[C@H](O)[C@H]1O. The van der Waals surface area contributed by atoms with Crippen molar-refractivity contribution >= 4 is 18.2 Å². The lowest BCUT2D eigenvalue weighted by molar-refractivity contribution is -0.399.